The molecule has 0 radical (unpaired) electrons. The molecule has 0 saturated carbocycles. The highest BCUT2D eigenvalue weighted by Gasteiger charge is 2.13. The number of allylic oxidation sites excluding steroid dienone is 2. The van der Waals surface area contributed by atoms with Crippen LogP contribution in [-0.4, -0.2) is 30.2 Å². The summed E-state index contributed by atoms with van der Waals surface area (Å²) in [6.45, 7) is 2.39. The van der Waals surface area contributed by atoms with Gasteiger partial charge in [-0.3, -0.25) is 4.79 Å². The van der Waals surface area contributed by atoms with Crippen LogP contribution in [0, 0.1) is 0 Å². The maximum Gasteiger partial charge on any atom is 0.325 e. The van der Waals surface area contributed by atoms with Crippen LogP contribution in [0.2, 0.25) is 0 Å². The molecular formula is C9H14N2O2. The Balaban J connectivity index is 2.40. The highest BCUT2D eigenvalue weighted by atomic mass is 16.5. The van der Waals surface area contributed by atoms with Crippen molar-refractivity contribution in [3.63, 3.8) is 0 Å². The van der Waals surface area contributed by atoms with E-state index in [1.165, 1.54) is 0 Å². The van der Waals surface area contributed by atoms with Crippen molar-refractivity contribution >= 4 is 5.97 Å². The molecule has 4 nitrogen and oxygen atoms in total. The molecule has 0 aromatic rings. The molecule has 0 aromatic heterocycles. The molecule has 1 rings (SSSR count). The van der Waals surface area contributed by atoms with Crippen molar-refractivity contribution < 1.29 is 9.53 Å². The smallest absolute Gasteiger partial charge is 0.325 e. The largest absolute Gasteiger partial charge is 0.465 e. The first kappa shape index (κ1) is 9.80. The van der Waals surface area contributed by atoms with Crippen LogP contribution in [0.4, 0.5) is 0 Å². The molecule has 0 aliphatic carbocycles. The van der Waals surface area contributed by atoms with Crippen molar-refractivity contribution in [3.05, 3.63) is 24.4 Å². The van der Waals surface area contributed by atoms with E-state index >= 15 is 0 Å². The standard InChI is InChI=1S/C9H14N2O2/c1-2-13-9(12)7-11-6-4-3-5-8(11)10/h3-6,8H,2,7,10H2,1H3. The van der Waals surface area contributed by atoms with Crippen molar-refractivity contribution in [2.75, 3.05) is 13.2 Å². The SMILES string of the molecule is CCOC(=O)CN1C=CC=CC1N. The van der Waals surface area contributed by atoms with E-state index in [0.29, 0.717) is 6.61 Å². The second-order valence-electron chi connectivity index (χ2n) is 2.69. The molecular weight excluding hydrogens is 168 g/mol. The fourth-order valence-corrected chi connectivity index (χ4v) is 1.06. The number of rotatable bonds is 3. The van der Waals surface area contributed by atoms with E-state index < -0.39 is 0 Å². The minimum atomic E-state index is -0.252. The summed E-state index contributed by atoms with van der Waals surface area (Å²) in [6, 6.07) is 0. The molecule has 1 aliphatic rings. The molecule has 0 amide bonds. The Labute approximate surface area is 77.6 Å². The number of hydrogen-bond donors (Lipinski definition) is 1. The van der Waals surface area contributed by atoms with Crippen LogP contribution in [0.5, 0.6) is 0 Å². The third kappa shape index (κ3) is 2.91. The minimum absolute atomic E-state index is 0.204. The Morgan fingerprint density at radius 3 is 3.00 bits per heavy atom. The Kier molecular flexibility index (Phi) is 3.52. The van der Waals surface area contributed by atoms with E-state index in [2.05, 4.69) is 0 Å². The summed E-state index contributed by atoms with van der Waals surface area (Å²) in [6.07, 6.45) is 7.06. The van der Waals surface area contributed by atoms with E-state index in [4.69, 9.17) is 10.5 Å². The third-order valence-corrected chi connectivity index (χ3v) is 1.70. The molecule has 1 atom stereocenters. The Morgan fingerprint density at radius 2 is 2.38 bits per heavy atom. The van der Waals surface area contributed by atoms with E-state index in [1.807, 2.05) is 18.2 Å². The van der Waals surface area contributed by atoms with E-state index in [-0.39, 0.29) is 18.7 Å². The average Bonchev–Trinajstić information content (AvgIpc) is 2.09. The molecule has 72 valence electrons. The highest BCUT2D eigenvalue weighted by molar-refractivity contribution is 5.71. The number of hydrogen-bond acceptors (Lipinski definition) is 4. The maximum atomic E-state index is 11.1. The maximum absolute atomic E-state index is 11.1. The molecule has 0 aromatic carbocycles. The Hall–Kier alpha value is -1.29. The molecule has 2 N–H and O–H groups in total. The van der Waals surface area contributed by atoms with Crippen molar-refractivity contribution in [2.24, 2.45) is 5.73 Å². The second kappa shape index (κ2) is 4.67. The van der Waals surface area contributed by atoms with Crippen LogP contribution in [0.3, 0.4) is 0 Å². The zero-order valence-corrected chi connectivity index (χ0v) is 7.64. The predicted molar refractivity (Wildman–Crippen MR) is 49.6 cm³/mol. The summed E-state index contributed by atoms with van der Waals surface area (Å²) >= 11 is 0. The second-order valence-corrected chi connectivity index (χ2v) is 2.69. The summed E-state index contributed by atoms with van der Waals surface area (Å²) in [5.41, 5.74) is 5.70. The van der Waals surface area contributed by atoms with Gasteiger partial charge in [-0.15, -0.1) is 0 Å². The lowest BCUT2D eigenvalue weighted by molar-refractivity contribution is -0.144. The monoisotopic (exact) mass is 182 g/mol. The van der Waals surface area contributed by atoms with Crippen molar-refractivity contribution in [1.29, 1.82) is 0 Å². The molecule has 0 bridgehead atoms. The van der Waals surface area contributed by atoms with Gasteiger partial charge in [0, 0.05) is 6.20 Å². The number of nitrogens with two attached hydrogens (primary N) is 1. The van der Waals surface area contributed by atoms with Gasteiger partial charge in [0.15, 0.2) is 0 Å². The van der Waals surface area contributed by atoms with Crippen LogP contribution in [-0.2, 0) is 9.53 Å². The summed E-state index contributed by atoms with van der Waals surface area (Å²) in [5, 5.41) is 0. The number of nitrogens with zero attached hydrogens (tertiary/aromatic N) is 1. The average molecular weight is 182 g/mol. The normalized spacial score (nSPS) is 20.5. The van der Waals surface area contributed by atoms with Gasteiger partial charge >= 0.3 is 5.97 Å². The van der Waals surface area contributed by atoms with Crippen molar-refractivity contribution in [1.82, 2.24) is 4.90 Å². The molecule has 1 aliphatic heterocycles. The van der Waals surface area contributed by atoms with Crippen LogP contribution < -0.4 is 5.73 Å². The van der Waals surface area contributed by atoms with Crippen LogP contribution >= 0.6 is 0 Å². The van der Waals surface area contributed by atoms with Gasteiger partial charge in [0.05, 0.1) is 12.8 Å². The van der Waals surface area contributed by atoms with Crippen molar-refractivity contribution in [2.45, 2.75) is 13.1 Å². The summed E-state index contributed by atoms with van der Waals surface area (Å²) in [4.78, 5) is 12.8. The van der Waals surface area contributed by atoms with Crippen molar-refractivity contribution in [3.8, 4) is 0 Å². The van der Waals surface area contributed by atoms with E-state index in [1.54, 1.807) is 18.0 Å². The number of carbonyl (C=O) groups is 1. The lowest BCUT2D eigenvalue weighted by Gasteiger charge is -2.25. The van der Waals surface area contributed by atoms with E-state index in [0.717, 1.165) is 0 Å². The first-order valence-electron chi connectivity index (χ1n) is 4.26. The van der Waals surface area contributed by atoms with Gasteiger partial charge in [-0.2, -0.15) is 0 Å². The van der Waals surface area contributed by atoms with Gasteiger partial charge in [-0.25, -0.2) is 0 Å². The van der Waals surface area contributed by atoms with Crippen LogP contribution in [0.25, 0.3) is 0 Å². The fourth-order valence-electron chi connectivity index (χ4n) is 1.06. The number of carbonyl (C=O) groups excluding carboxylic acids is 1. The quantitative estimate of drug-likeness (QED) is 0.634. The topological polar surface area (TPSA) is 55.6 Å². The predicted octanol–water partition coefficient (Wildman–Crippen LogP) is 0.220. The van der Waals surface area contributed by atoms with Gasteiger partial charge < -0.3 is 15.4 Å². The summed E-state index contributed by atoms with van der Waals surface area (Å²) < 4.78 is 4.80. The minimum Gasteiger partial charge on any atom is -0.465 e. The van der Waals surface area contributed by atoms with Gasteiger partial charge in [-0.1, -0.05) is 6.08 Å². The van der Waals surface area contributed by atoms with Gasteiger partial charge in [0.1, 0.15) is 6.54 Å². The first-order valence-corrected chi connectivity index (χ1v) is 4.26. The zero-order valence-electron chi connectivity index (χ0n) is 7.64. The Bertz CT molecular complexity index is 236. The lowest BCUT2D eigenvalue weighted by atomic mass is 10.3. The van der Waals surface area contributed by atoms with Gasteiger partial charge in [-0.05, 0) is 19.1 Å². The van der Waals surface area contributed by atoms with Gasteiger partial charge in [0.25, 0.3) is 0 Å². The molecule has 1 unspecified atom stereocenters. The zero-order chi connectivity index (χ0) is 9.68. The van der Waals surface area contributed by atoms with E-state index in [9.17, 15) is 4.79 Å². The molecule has 0 fully saturated rings. The summed E-state index contributed by atoms with van der Waals surface area (Å²) in [7, 11) is 0. The lowest BCUT2D eigenvalue weighted by Crippen LogP contribution is -2.41. The number of esters is 1. The molecule has 0 spiro atoms. The third-order valence-electron chi connectivity index (χ3n) is 1.70. The molecule has 13 heavy (non-hydrogen) atoms. The molecule has 4 heteroatoms. The van der Waals surface area contributed by atoms with Gasteiger partial charge in [0.2, 0.25) is 0 Å². The number of ether oxygens (including phenoxy) is 1. The fraction of sp³-hybridized carbons (Fsp3) is 0.444. The highest BCUT2D eigenvalue weighted by Crippen LogP contribution is 2.03. The first-order chi connectivity index (χ1) is 6.24. The molecule has 1 heterocycles. The van der Waals surface area contributed by atoms with Crippen LogP contribution in [0.1, 0.15) is 6.92 Å². The Morgan fingerprint density at radius 1 is 1.62 bits per heavy atom. The van der Waals surface area contributed by atoms with Crippen LogP contribution in [0.15, 0.2) is 24.4 Å². The molecule has 0 saturated heterocycles. The summed E-state index contributed by atoms with van der Waals surface area (Å²) in [5.74, 6) is -0.252.